The second kappa shape index (κ2) is 4.01. The van der Waals surface area contributed by atoms with Crippen LogP contribution >= 0.6 is 0 Å². The number of aromatic nitrogens is 2. The third kappa shape index (κ3) is 1.91. The van der Waals surface area contributed by atoms with Crippen molar-refractivity contribution in [3.8, 4) is 11.5 Å². The lowest BCUT2D eigenvalue weighted by Crippen LogP contribution is -2.02. The van der Waals surface area contributed by atoms with Crippen molar-refractivity contribution in [1.29, 1.82) is 0 Å². The molecule has 0 atom stereocenters. The predicted octanol–water partition coefficient (Wildman–Crippen LogP) is 1.76. The smallest absolute Gasteiger partial charge is 0.231 e. The Hall–Kier alpha value is -2.17. The fourth-order valence-electron chi connectivity index (χ4n) is 1.82. The first-order valence-electron chi connectivity index (χ1n) is 5.44. The molecule has 0 saturated carbocycles. The summed E-state index contributed by atoms with van der Waals surface area (Å²) in [7, 11) is 1.89. The lowest BCUT2D eigenvalue weighted by atomic mass is 10.2. The molecule has 2 aromatic rings. The first kappa shape index (κ1) is 10.0. The molecule has 0 radical (unpaired) electrons. The summed E-state index contributed by atoms with van der Waals surface area (Å²) in [5.74, 6) is 2.49. The van der Waals surface area contributed by atoms with Gasteiger partial charge in [0.25, 0.3) is 0 Å². The number of benzene rings is 1. The zero-order valence-electron chi connectivity index (χ0n) is 9.51. The highest BCUT2D eigenvalue weighted by Crippen LogP contribution is 2.35. The van der Waals surface area contributed by atoms with E-state index in [2.05, 4.69) is 10.4 Å². The summed E-state index contributed by atoms with van der Waals surface area (Å²) in [4.78, 5) is 0. The van der Waals surface area contributed by atoms with Gasteiger partial charge in [0.1, 0.15) is 5.82 Å². The van der Waals surface area contributed by atoms with Crippen LogP contribution in [0.5, 0.6) is 11.5 Å². The molecule has 1 N–H and O–H groups in total. The van der Waals surface area contributed by atoms with E-state index in [1.165, 1.54) is 0 Å². The molecule has 1 aromatic carbocycles. The lowest BCUT2D eigenvalue weighted by molar-refractivity contribution is 0.173. The zero-order chi connectivity index (χ0) is 11.7. The second-order valence-electron chi connectivity index (χ2n) is 3.88. The van der Waals surface area contributed by atoms with E-state index in [-0.39, 0.29) is 0 Å². The normalized spacial score (nSPS) is 12.8. The molecule has 0 amide bonds. The van der Waals surface area contributed by atoms with Crippen LogP contribution in [0.2, 0.25) is 0 Å². The van der Waals surface area contributed by atoms with Gasteiger partial charge in [-0.05, 0) is 6.07 Å². The Morgan fingerprint density at radius 2 is 2.29 bits per heavy atom. The number of anilines is 1. The van der Waals surface area contributed by atoms with Crippen LogP contribution in [0.4, 0.5) is 5.82 Å². The van der Waals surface area contributed by atoms with Crippen molar-refractivity contribution in [3.05, 3.63) is 36.0 Å². The summed E-state index contributed by atoms with van der Waals surface area (Å²) < 4.78 is 12.5. The Kier molecular flexibility index (Phi) is 2.36. The third-order valence-corrected chi connectivity index (χ3v) is 2.65. The van der Waals surface area contributed by atoms with Gasteiger partial charge < -0.3 is 14.8 Å². The van der Waals surface area contributed by atoms with E-state index >= 15 is 0 Å². The number of fused-ring (bicyclic) bond motifs is 1. The summed E-state index contributed by atoms with van der Waals surface area (Å²) in [6.07, 6.45) is 1.90. The van der Waals surface area contributed by atoms with Crippen LogP contribution in [0.3, 0.4) is 0 Å². The predicted molar refractivity (Wildman–Crippen MR) is 63.1 cm³/mol. The number of para-hydroxylation sites is 1. The molecule has 5 nitrogen and oxygen atoms in total. The Balaban J connectivity index is 1.75. The fraction of sp³-hybridized carbons (Fsp3) is 0.250. The first-order valence-corrected chi connectivity index (χ1v) is 5.44. The highest BCUT2D eigenvalue weighted by Gasteiger charge is 2.16. The Morgan fingerprint density at radius 1 is 1.35 bits per heavy atom. The van der Waals surface area contributed by atoms with E-state index in [0.717, 1.165) is 22.9 Å². The summed E-state index contributed by atoms with van der Waals surface area (Å²) in [5.41, 5.74) is 1.07. The number of hydrogen-bond donors (Lipinski definition) is 1. The number of hydrogen-bond acceptors (Lipinski definition) is 4. The van der Waals surface area contributed by atoms with E-state index in [4.69, 9.17) is 9.47 Å². The molecular weight excluding hydrogens is 218 g/mol. The van der Waals surface area contributed by atoms with Crippen molar-refractivity contribution in [1.82, 2.24) is 9.78 Å². The van der Waals surface area contributed by atoms with Crippen molar-refractivity contribution < 1.29 is 9.47 Å². The molecule has 0 spiro atoms. The minimum absolute atomic E-state index is 0.302. The monoisotopic (exact) mass is 231 g/mol. The van der Waals surface area contributed by atoms with Gasteiger partial charge in [-0.25, -0.2) is 0 Å². The summed E-state index contributed by atoms with van der Waals surface area (Å²) in [6.45, 7) is 0.972. The maximum Gasteiger partial charge on any atom is 0.231 e. The molecule has 0 bridgehead atoms. The molecule has 17 heavy (non-hydrogen) atoms. The minimum Gasteiger partial charge on any atom is -0.454 e. The molecule has 0 saturated heterocycles. The Morgan fingerprint density at radius 3 is 3.12 bits per heavy atom. The minimum atomic E-state index is 0.302. The van der Waals surface area contributed by atoms with Crippen LogP contribution in [-0.4, -0.2) is 16.6 Å². The quantitative estimate of drug-likeness (QED) is 0.874. The van der Waals surface area contributed by atoms with Gasteiger partial charge in [0.2, 0.25) is 6.79 Å². The van der Waals surface area contributed by atoms with Crippen LogP contribution in [0.25, 0.3) is 0 Å². The molecule has 0 unspecified atom stereocenters. The second-order valence-corrected chi connectivity index (χ2v) is 3.88. The standard InChI is InChI=1S/C12H13N3O2/c1-15-6-5-11(14-15)13-7-9-3-2-4-10-12(9)17-8-16-10/h2-6H,7-8H2,1H3,(H,13,14). The van der Waals surface area contributed by atoms with Gasteiger partial charge in [-0.2, -0.15) is 5.10 Å². The third-order valence-electron chi connectivity index (χ3n) is 2.65. The molecule has 5 heteroatoms. The largest absolute Gasteiger partial charge is 0.454 e. The summed E-state index contributed by atoms with van der Waals surface area (Å²) in [5, 5.41) is 7.50. The number of ether oxygens (including phenoxy) is 2. The van der Waals surface area contributed by atoms with Gasteiger partial charge in [0, 0.05) is 31.4 Å². The summed E-state index contributed by atoms with van der Waals surface area (Å²) >= 11 is 0. The van der Waals surface area contributed by atoms with Gasteiger partial charge in [0.05, 0.1) is 0 Å². The Bertz CT molecular complexity index is 536. The van der Waals surface area contributed by atoms with Crippen molar-refractivity contribution in [2.24, 2.45) is 7.05 Å². The molecule has 0 fully saturated rings. The van der Waals surface area contributed by atoms with Crippen LogP contribution < -0.4 is 14.8 Å². The zero-order valence-corrected chi connectivity index (χ0v) is 9.51. The van der Waals surface area contributed by atoms with Crippen LogP contribution in [-0.2, 0) is 13.6 Å². The Labute approximate surface area is 99.0 Å². The van der Waals surface area contributed by atoms with Gasteiger partial charge in [0.15, 0.2) is 11.5 Å². The topological polar surface area (TPSA) is 48.3 Å². The van der Waals surface area contributed by atoms with Crippen molar-refractivity contribution in [2.45, 2.75) is 6.54 Å². The SMILES string of the molecule is Cn1ccc(NCc2cccc3c2OCO3)n1. The molecule has 88 valence electrons. The van der Waals surface area contributed by atoms with Crippen molar-refractivity contribution in [2.75, 3.05) is 12.1 Å². The number of rotatable bonds is 3. The number of nitrogens with zero attached hydrogens (tertiary/aromatic N) is 2. The molecular formula is C12H13N3O2. The maximum absolute atomic E-state index is 5.44. The first-order chi connectivity index (χ1) is 8.33. The number of aryl methyl sites for hydroxylation is 1. The van der Waals surface area contributed by atoms with Gasteiger partial charge in [-0.15, -0.1) is 0 Å². The van der Waals surface area contributed by atoms with E-state index < -0.39 is 0 Å². The number of nitrogens with one attached hydrogen (secondary N) is 1. The summed E-state index contributed by atoms with van der Waals surface area (Å²) in [6, 6.07) is 7.82. The lowest BCUT2D eigenvalue weighted by Gasteiger charge is -2.06. The maximum atomic E-state index is 5.44. The molecule has 1 aliphatic rings. The molecule has 2 heterocycles. The average Bonchev–Trinajstić information content (AvgIpc) is 2.94. The molecule has 1 aliphatic heterocycles. The van der Waals surface area contributed by atoms with Gasteiger partial charge >= 0.3 is 0 Å². The van der Waals surface area contributed by atoms with Gasteiger partial charge in [-0.3, -0.25) is 4.68 Å². The average molecular weight is 231 g/mol. The van der Waals surface area contributed by atoms with Crippen molar-refractivity contribution in [3.63, 3.8) is 0 Å². The van der Waals surface area contributed by atoms with E-state index in [1.807, 2.05) is 37.5 Å². The van der Waals surface area contributed by atoms with Crippen molar-refractivity contribution >= 4 is 5.82 Å². The van der Waals surface area contributed by atoms with E-state index in [9.17, 15) is 0 Å². The highest BCUT2D eigenvalue weighted by atomic mass is 16.7. The molecule has 3 rings (SSSR count). The van der Waals surface area contributed by atoms with Gasteiger partial charge in [-0.1, -0.05) is 12.1 Å². The van der Waals surface area contributed by atoms with E-state index in [1.54, 1.807) is 4.68 Å². The fourth-order valence-corrected chi connectivity index (χ4v) is 1.82. The van der Waals surface area contributed by atoms with Crippen LogP contribution in [0, 0.1) is 0 Å². The van der Waals surface area contributed by atoms with Crippen LogP contribution in [0.15, 0.2) is 30.5 Å². The highest BCUT2D eigenvalue weighted by molar-refractivity contribution is 5.49. The molecule has 1 aromatic heterocycles. The van der Waals surface area contributed by atoms with Crippen LogP contribution in [0.1, 0.15) is 5.56 Å². The van der Waals surface area contributed by atoms with E-state index in [0.29, 0.717) is 13.3 Å². The molecule has 0 aliphatic carbocycles.